The van der Waals surface area contributed by atoms with Crippen molar-refractivity contribution in [1.29, 1.82) is 0 Å². The average molecular weight is 409 g/mol. The van der Waals surface area contributed by atoms with Crippen molar-refractivity contribution >= 4 is 5.57 Å². The summed E-state index contributed by atoms with van der Waals surface area (Å²) in [5.41, 5.74) is 6.32. The predicted octanol–water partition coefficient (Wildman–Crippen LogP) is 5.62. The Labute approximate surface area is 178 Å². The first-order chi connectivity index (χ1) is 14.4. The van der Waals surface area contributed by atoms with Crippen LogP contribution in [0.25, 0.3) is 16.8 Å². The van der Waals surface area contributed by atoms with Gasteiger partial charge in [0.15, 0.2) is 12.4 Å². The van der Waals surface area contributed by atoms with Gasteiger partial charge in [-0.2, -0.15) is 0 Å². The molecule has 0 fully saturated rings. The molecule has 156 valence electrons. The summed E-state index contributed by atoms with van der Waals surface area (Å²) in [5.74, 6) is -1.07. The largest absolute Gasteiger partial charge is 0.215 e. The predicted molar refractivity (Wildman–Crippen MR) is 116 cm³/mol. The number of halogens is 2. The monoisotopic (exact) mass is 408 g/mol. The fourth-order valence-electron chi connectivity index (χ4n) is 4.05. The van der Waals surface area contributed by atoms with Crippen LogP contribution >= 0.6 is 0 Å². The van der Waals surface area contributed by atoms with E-state index in [4.69, 9.17) is 0 Å². The second kappa shape index (κ2) is 9.75. The Morgan fingerprint density at radius 1 is 0.767 bits per heavy atom. The molecule has 1 aliphatic carbocycles. The molecule has 0 amide bonds. The van der Waals surface area contributed by atoms with Crippen LogP contribution in [-0.2, 0) is 14.1 Å². The first-order valence-electron chi connectivity index (χ1n) is 10.4. The van der Waals surface area contributed by atoms with Gasteiger partial charge in [0, 0.05) is 35.9 Å². The molecule has 0 spiro atoms. The molecule has 0 bridgehead atoms. The number of nitrogens with zero attached hydrogens (tertiary/aromatic N) is 2. The number of aromatic nitrogens is 2. The number of aryl methyl sites for hydroxylation is 3. The summed E-state index contributed by atoms with van der Waals surface area (Å²) >= 11 is 0. The van der Waals surface area contributed by atoms with Gasteiger partial charge < -0.3 is 0 Å². The van der Waals surface area contributed by atoms with E-state index in [0.29, 0.717) is 11.1 Å². The zero-order valence-electron chi connectivity index (χ0n) is 18.3. The minimum atomic E-state index is -0.544. The normalized spacial score (nSPS) is 13.7. The lowest BCUT2D eigenvalue weighted by molar-refractivity contribution is -0.674. The lowest BCUT2D eigenvalue weighted by atomic mass is 9.90. The van der Waals surface area contributed by atoms with E-state index < -0.39 is 11.6 Å². The minimum Gasteiger partial charge on any atom is -0.207 e. The summed E-state index contributed by atoms with van der Waals surface area (Å²) in [4.78, 5) is 0. The molecule has 4 heteroatoms. The van der Waals surface area contributed by atoms with Crippen LogP contribution in [0.1, 0.15) is 43.9 Å². The van der Waals surface area contributed by atoms with Gasteiger partial charge in [-0.1, -0.05) is 5.57 Å². The number of hydrogen-bond donors (Lipinski definition) is 0. The molecule has 0 atom stereocenters. The van der Waals surface area contributed by atoms with Gasteiger partial charge in [-0.05, 0) is 63.3 Å². The van der Waals surface area contributed by atoms with Crippen molar-refractivity contribution in [3.05, 3.63) is 89.4 Å². The molecule has 2 heterocycles. The van der Waals surface area contributed by atoms with E-state index in [0.717, 1.165) is 11.8 Å². The summed E-state index contributed by atoms with van der Waals surface area (Å²) in [6.07, 6.45) is 9.21. The standard InChI is InChI=1S/C13H12F2N.C13H18N/c1-9-7-10(14)8-11(15)13(9)12-5-3-4-6-16(12)2;1-11-7-3-4-8-12(11)13-9-5-6-10-14(13)2/h3-8H,1-2H3;5-6,9-10H,3-4,7-8H2,1-2H3/q2*+1. The Bertz CT molecular complexity index is 1050. The van der Waals surface area contributed by atoms with E-state index in [9.17, 15) is 8.78 Å². The third kappa shape index (κ3) is 4.99. The summed E-state index contributed by atoms with van der Waals surface area (Å²) in [5, 5.41) is 0. The molecule has 3 aromatic rings. The summed E-state index contributed by atoms with van der Waals surface area (Å²) in [7, 11) is 3.96. The van der Waals surface area contributed by atoms with Gasteiger partial charge in [0.2, 0.25) is 11.4 Å². The highest BCUT2D eigenvalue weighted by Gasteiger charge is 2.18. The number of rotatable bonds is 2. The fraction of sp³-hybridized carbons (Fsp3) is 0.308. The van der Waals surface area contributed by atoms with Crippen molar-refractivity contribution in [3.8, 4) is 11.3 Å². The molecule has 0 saturated heterocycles. The zero-order valence-corrected chi connectivity index (χ0v) is 18.3. The second-order valence-electron chi connectivity index (χ2n) is 7.94. The maximum atomic E-state index is 13.7. The molecule has 0 N–H and O–H groups in total. The molecule has 30 heavy (non-hydrogen) atoms. The zero-order chi connectivity index (χ0) is 21.7. The molecular weight excluding hydrogens is 378 g/mol. The fourth-order valence-corrected chi connectivity index (χ4v) is 4.05. The van der Waals surface area contributed by atoms with Crippen LogP contribution < -0.4 is 9.13 Å². The van der Waals surface area contributed by atoms with E-state index in [2.05, 4.69) is 42.9 Å². The molecule has 1 aliphatic rings. The smallest absolute Gasteiger partial charge is 0.207 e. The van der Waals surface area contributed by atoms with Crippen LogP contribution in [0.2, 0.25) is 0 Å². The van der Waals surface area contributed by atoms with Crippen molar-refractivity contribution in [1.82, 2.24) is 0 Å². The maximum absolute atomic E-state index is 13.7. The Kier molecular flexibility index (Phi) is 7.09. The van der Waals surface area contributed by atoms with Gasteiger partial charge in [0.05, 0.1) is 5.56 Å². The lowest BCUT2D eigenvalue weighted by Crippen LogP contribution is -2.32. The highest BCUT2D eigenvalue weighted by molar-refractivity contribution is 5.64. The first-order valence-corrected chi connectivity index (χ1v) is 10.4. The topological polar surface area (TPSA) is 7.76 Å². The molecule has 0 radical (unpaired) electrons. The van der Waals surface area contributed by atoms with Gasteiger partial charge in [0.1, 0.15) is 25.7 Å². The van der Waals surface area contributed by atoms with E-state index in [1.807, 2.05) is 36.0 Å². The van der Waals surface area contributed by atoms with Gasteiger partial charge in [-0.15, -0.1) is 0 Å². The molecule has 0 saturated carbocycles. The lowest BCUT2D eigenvalue weighted by Gasteiger charge is -2.15. The van der Waals surface area contributed by atoms with E-state index in [1.54, 1.807) is 18.1 Å². The minimum absolute atomic E-state index is 0.449. The van der Waals surface area contributed by atoms with Crippen molar-refractivity contribution in [2.24, 2.45) is 14.1 Å². The van der Waals surface area contributed by atoms with Gasteiger partial charge in [-0.3, -0.25) is 0 Å². The third-order valence-corrected chi connectivity index (χ3v) is 5.67. The van der Waals surface area contributed by atoms with Gasteiger partial charge in [0.25, 0.3) is 0 Å². The summed E-state index contributed by atoms with van der Waals surface area (Å²) in [6.45, 7) is 3.98. The Morgan fingerprint density at radius 2 is 1.37 bits per heavy atom. The molecule has 1 aromatic carbocycles. The van der Waals surface area contributed by atoms with Crippen LogP contribution in [0, 0.1) is 18.6 Å². The van der Waals surface area contributed by atoms with Crippen LogP contribution in [0.4, 0.5) is 8.78 Å². The van der Waals surface area contributed by atoms with E-state index in [-0.39, 0.29) is 0 Å². The molecule has 0 aliphatic heterocycles. The Balaban J connectivity index is 0.000000172. The van der Waals surface area contributed by atoms with Crippen molar-refractivity contribution in [3.63, 3.8) is 0 Å². The number of benzene rings is 1. The van der Waals surface area contributed by atoms with Gasteiger partial charge >= 0.3 is 0 Å². The molecule has 0 unspecified atom stereocenters. The van der Waals surface area contributed by atoms with Crippen LogP contribution in [0.15, 0.2) is 66.5 Å². The Hall–Kier alpha value is -2.88. The average Bonchev–Trinajstić information content (AvgIpc) is 2.70. The van der Waals surface area contributed by atoms with Crippen LogP contribution in [0.5, 0.6) is 0 Å². The number of allylic oxidation sites excluding steroid dienone is 2. The molecular formula is C26H30F2N2+2. The van der Waals surface area contributed by atoms with E-state index in [1.165, 1.54) is 37.4 Å². The highest BCUT2D eigenvalue weighted by atomic mass is 19.1. The summed E-state index contributed by atoms with van der Waals surface area (Å²) < 4.78 is 30.7. The van der Waals surface area contributed by atoms with Crippen LogP contribution in [0.3, 0.4) is 0 Å². The van der Waals surface area contributed by atoms with Crippen LogP contribution in [-0.4, -0.2) is 0 Å². The summed E-state index contributed by atoms with van der Waals surface area (Å²) in [6, 6.07) is 14.2. The third-order valence-electron chi connectivity index (χ3n) is 5.67. The number of pyridine rings is 2. The Morgan fingerprint density at radius 3 is 1.93 bits per heavy atom. The quantitative estimate of drug-likeness (QED) is 0.486. The van der Waals surface area contributed by atoms with Crippen molar-refractivity contribution in [2.75, 3.05) is 0 Å². The molecule has 2 nitrogen and oxygen atoms in total. The first kappa shape index (κ1) is 21.8. The molecule has 2 aromatic heterocycles. The maximum Gasteiger partial charge on any atom is 0.215 e. The SMILES string of the molecule is CC1=C(c2cccc[n+]2C)CCCC1.Cc1cc(F)cc(F)c1-c1cccc[n+]1C. The number of hydrogen-bond acceptors (Lipinski definition) is 0. The van der Waals surface area contributed by atoms with Crippen molar-refractivity contribution < 1.29 is 17.9 Å². The second-order valence-corrected chi connectivity index (χ2v) is 7.94. The highest BCUT2D eigenvalue weighted by Crippen LogP contribution is 2.30. The van der Waals surface area contributed by atoms with Gasteiger partial charge in [-0.25, -0.2) is 17.9 Å². The van der Waals surface area contributed by atoms with E-state index >= 15 is 0 Å². The van der Waals surface area contributed by atoms with Crippen molar-refractivity contribution in [2.45, 2.75) is 39.5 Å². The molecule has 4 rings (SSSR count).